The lowest BCUT2D eigenvalue weighted by molar-refractivity contribution is -0.116. The Bertz CT molecular complexity index is 376. The predicted molar refractivity (Wildman–Crippen MR) is 50.3 cm³/mol. The molecule has 0 unspecified atom stereocenters. The van der Waals surface area contributed by atoms with Crippen molar-refractivity contribution in [3.8, 4) is 0 Å². The number of rotatable bonds is 2. The van der Waals surface area contributed by atoms with E-state index in [-0.39, 0.29) is 11.5 Å². The van der Waals surface area contributed by atoms with Crippen molar-refractivity contribution in [1.29, 1.82) is 0 Å². The van der Waals surface area contributed by atoms with Crippen LogP contribution < -0.4 is 4.90 Å². The van der Waals surface area contributed by atoms with Crippen molar-refractivity contribution >= 4 is 17.7 Å². The summed E-state index contributed by atoms with van der Waals surface area (Å²) in [5.74, 6) is -0.900. The molecule has 1 aromatic rings. The molecule has 1 amide bonds. The maximum Gasteiger partial charge on any atom is 0.335 e. The number of carbonyl (C=O) groups excluding carboxylic acids is 1. The average Bonchev–Trinajstić information content (AvgIpc) is 2.16. The minimum atomic E-state index is -1.04. The standard InChI is InChI=1S/C9H10N2O3/c1-6(12)11(2)8-5-7(9(13)14)3-4-10-8/h3-5H,1-2H3,(H,13,14). The third kappa shape index (κ3) is 2.07. The molecule has 0 radical (unpaired) electrons. The summed E-state index contributed by atoms with van der Waals surface area (Å²) in [6.45, 7) is 1.38. The number of hydrogen-bond acceptors (Lipinski definition) is 3. The molecule has 1 heterocycles. The zero-order valence-electron chi connectivity index (χ0n) is 7.89. The predicted octanol–water partition coefficient (Wildman–Crippen LogP) is 0.763. The number of carboxylic acid groups (broad SMARTS) is 1. The number of aromatic carboxylic acids is 1. The molecule has 5 nitrogen and oxygen atoms in total. The van der Waals surface area contributed by atoms with Crippen LogP contribution in [0.25, 0.3) is 0 Å². The fourth-order valence-electron chi connectivity index (χ4n) is 0.896. The number of carbonyl (C=O) groups is 2. The van der Waals surface area contributed by atoms with Crippen molar-refractivity contribution in [2.45, 2.75) is 6.92 Å². The first-order valence-electron chi connectivity index (χ1n) is 3.96. The number of carboxylic acids is 1. The second-order valence-corrected chi connectivity index (χ2v) is 2.79. The minimum Gasteiger partial charge on any atom is -0.478 e. The fraction of sp³-hybridized carbons (Fsp3) is 0.222. The lowest BCUT2D eigenvalue weighted by Crippen LogP contribution is -2.24. The van der Waals surface area contributed by atoms with Crippen LogP contribution in [-0.4, -0.2) is 29.0 Å². The highest BCUT2D eigenvalue weighted by Gasteiger charge is 2.09. The summed E-state index contributed by atoms with van der Waals surface area (Å²) < 4.78 is 0. The molecule has 1 N–H and O–H groups in total. The van der Waals surface area contributed by atoms with Crippen LogP contribution in [0.2, 0.25) is 0 Å². The van der Waals surface area contributed by atoms with E-state index in [9.17, 15) is 9.59 Å². The summed E-state index contributed by atoms with van der Waals surface area (Å²) in [6, 6.07) is 2.73. The Hall–Kier alpha value is -1.91. The van der Waals surface area contributed by atoms with Crippen molar-refractivity contribution in [3.05, 3.63) is 23.9 Å². The van der Waals surface area contributed by atoms with Gasteiger partial charge in [-0.05, 0) is 12.1 Å². The van der Waals surface area contributed by atoms with Gasteiger partial charge in [-0.3, -0.25) is 4.79 Å². The van der Waals surface area contributed by atoms with E-state index in [1.165, 1.54) is 37.2 Å². The first kappa shape index (κ1) is 10.2. The van der Waals surface area contributed by atoms with Crippen LogP contribution >= 0.6 is 0 Å². The second kappa shape index (κ2) is 3.87. The molecular formula is C9H10N2O3. The van der Waals surface area contributed by atoms with E-state index in [0.717, 1.165) is 0 Å². The van der Waals surface area contributed by atoms with E-state index in [2.05, 4.69) is 4.98 Å². The Morgan fingerprint density at radius 3 is 2.64 bits per heavy atom. The van der Waals surface area contributed by atoms with Crippen LogP contribution in [-0.2, 0) is 4.79 Å². The zero-order valence-corrected chi connectivity index (χ0v) is 7.89. The number of anilines is 1. The van der Waals surface area contributed by atoms with Gasteiger partial charge in [0.2, 0.25) is 5.91 Å². The van der Waals surface area contributed by atoms with Gasteiger partial charge >= 0.3 is 5.97 Å². The maximum absolute atomic E-state index is 11.0. The van der Waals surface area contributed by atoms with Gasteiger partial charge in [-0.25, -0.2) is 9.78 Å². The van der Waals surface area contributed by atoms with Crippen molar-refractivity contribution in [3.63, 3.8) is 0 Å². The molecule has 0 aliphatic heterocycles. The summed E-state index contributed by atoms with van der Waals surface area (Å²) in [5.41, 5.74) is 0.114. The van der Waals surface area contributed by atoms with Crippen LogP contribution in [0.3, 0.4) is 0 Å². The van der Waals surface area contributed by atoms with E-state index >= 15 is 0 Å². The van der Waals surface area contributed by atoms with Gasteiger partial charge in [-0.2, -0.15) is 0 Å². The topological polar surface area (TPSA) is 70.5 Å². The molecule has 0 fully saturated rings. The van der Waals surface area contributed by atoms with Gasteiger partial charge in [0.25, 0.3) is 0 Å². The number of pyridine rings is 1. The molecule has 0 bridgehead atoms. The van der Waals surface area contributed by atoms with Gasteiger partial charge < -0.3 is 10.0 Å². The molecule has 5 heteroatoms. The SMILES string of the molecule is CC(=O)N(C)c1cc(C(=O)O)ccn1. The Labute approximate surface area is 81.0 Å². The van der Waals surface area contributed by atoms with Crippen LogP contribution in [0.15, 0.2) is 18.3 Å². The average molecular weight is 194 g/mol. The first-order chi connectivity index (χ1) is 6.52. The molecule has 14 heavy (non-hydrogen) atoms. The number of aromatic nitrogens is 1. The van der Waals surface area contributed by atoms with Gasteiger partial charge in [0.1, 0.15) is 5.82 Å². The van der Waals surface area contributed by atoms with Crippen LogP contribution in [0, 0.1) is 0 Å². The van der Waals surface area contributed by atoms with Crippen LogP contribution in [0.1, 0.15) is 17.3 Å². The van der Waals surface area contributed by atoms with Crippen molar-refractivity contribution in [1.82, 2.24) is 4.98 Å². The molecule has 1 aromatic heterocycles. The fourth-order valence-corrected chi connectivity index (χ4v) is 0.896. The first-order valence-corrected chi connectivity index (χ1v) is 3.96. The number of hydrogen-bond donors (Lipinski definition) is 1. The van der Waals surface area contributed by atoms with Crippen molar-refractivity contribution in [2.24, 2.45) is 0 Å². The molecule has 0 saturated heterocycles. The van der Waals surface area contributed by atoms with E-state index in [4.69, 9.17) is 5.11 Å². The van der Waals surface area contributed by atoms with Gasteiger partial charge in [0.15, 0.2) is 0 Å². The quantitative estimate of drug-likeness (QED) is 0.754. The summed E-state index contributed by atoms with van der Waals surface area (Å²) in [4.78, 5) is 26.7. The lowest BCUT2D eigenvalue weighted by Gasteiger charge is -2.13. The molecule has 0 aromatic carbocycles. The van der Waals surface area contributed by atoms with Crippen LogP contribution in [0.4, 0.5) is 5.82 Å². The monoisotopic (exact) mass is 194 g/mol. The van der Waals surface area contributed by atoms with Gasteiger partial charge in [-0.1, -0.05) is 0 Å². The van der Waals surface area contributed by atoms with Crippen LogP contribution in [0.5, 0.6) is 0 Å². The summed E-state index contributed by atoms with van der Waals surface area (Å²) in [6.07, 6.45) is 1.36. The Balaban J connectivity index is 3.05. The minimum absolute atomic E-state index is 0.114. The van der Waals surface area contributed by atoms with Crippen molar-refractivity contribution in [2.75, 3.05) is 11.9 Å². The number of nitrogens with zero attached hydrogens (tertiary/aromatic N) is 2. The smallest absolute Gasteiger partial charge is 0.335 e. The molecule has 0 saturated carbocycles. The van der Waals surface area contributed by atoms with E-state index in [1.807, 2.05) is 0 Å². The van der Waals surface area contributed by atoms with Gasteiger partial charge in [-0.15, -0.1) is 0 Å². The van der Waals surface area contributed by atoms with Gasteiger partial charge in [0.05, 0.1) is 5.56 Å². The van der Waals surface area contributed by atoms with Crippen molar-refractivity contribution < 1.29 is 14.7 Å². The number of amides is 1. The Morgan fingerprint density at radius 1 is 1.50 bits per heavy atom. The highest BCUT2D eigenvalue weighted by atomic mass is 16.4. The Kier molecular flexibility index (Phi) is 2.81. The molecule has 74 valence electrons. The maximum atomic E-state index is 11.0. The lowest BCUT2D eigenvalue weighted by atomic mass is 10.2. The van der Waals surface area contributed by atoms with E-state index < -0.39 is 5.97 Å². The zero-order chi connectivity index (χ0) is 10.7. The Morgan fingerprint density at radius 2 is 2.14 bits per heavy atom. The van der Waals surface area contributed by atoms with E-state index in [1.54, 1.807) is 0 Å². The normalized spacial score (nSPS) is 9.57. The molecule has 0 aliphatic rings. The third-order valence-electron chi connectivity index (χ3n) is 1.81. The molecule has 1 rings (SSSR count). The summed E-state index contributed by atoms with van der Waals surface area (Å²) >= 11 is 0. The molecule has 0 spiro atoms. The highest BCUT2D eigenvalue weighted by Crippen LogP contribution is 2.10. The summed E-state index contributed by atoms with van der Waals surface area (Å²) in [5, 5.41) is 8.70. The molecule has 0 atom stereocenters. The summed E-state index contributed by atoms with van der Waals surface area (Å²) in [7, 11) is 1.54. The van der Waals surface area contributed by atoms with E-state index in [0.29, 0.717) is 5.82 Å². The van der Waals surface area contributed by atoms with Gasteiger partial charge in [0, 0.05) is 20.2 Å². The third-order valence-corrected chi connectivity index (χ3v) is 1.81. The molecule has 0 aliphatic carbocycles. The molecular weight excluding hydrogens is 184 g/mol. The highest BCUT2D eigenvalue weighted by molar-refractivity contribution is 5.92. The largest absolute Gasteiger partial charge is 0.478 e. The second-order valence-electron chi connectivity index (χ2n) is 2.79.